The van der Waals surface area contributed by atoms with E-state index in [1.807, 2.05) is 31.2 Å². The molecule has 0 bridgehead atoms. The third kappa shape index (κ3) is 5.62. The van der Waals surface area contributed by atoms with Gasteiger partial charge in [-0.1, -0.05) is 42.0 Å². The van der Waals surface area contributed by atoms with Crippen molar-refractivity contribution in [3.05, 3.63) is 82.1 Å². The SMILES string of the molecule is Cc1ccc(-c2ccc(=O)n(CC(=O)NCCc3ccc(S(N)(=O)=O)cc3)n2)cc1. The van der Waals surface area contributed by atoms with E-state index in [0.29, 0.717) is 18.7 Å². The van der Waals surface area contributed by atoms with Crippen LogP contribution >= 0.6 is 0 Å². The van der Waals surface area contributed by atoms with Crippen LogP contribution in [0.4, 0.5) is 0 Å². The molecule has 0 unspecified atom stereocenters. The maximum Gasteiger partial charge on any atom is 0.267 e. The number of benzene rings is 2. The Kier molecular flexibility index (Phi) is 6.43. The van der Waals surface area contributed by atoms with Crippen LogP contribution in [0, 0.1) is 6.92 Å². The van der Waals surface area contributed by atoms with E-state index in [0.717, 1.165) is 21.4 Å². The summed E-state index contributed by atoms with van der Waals surface area (Å²) in [7, 11) is -3.73. The average Bonchev–Trinajstić information content (AvgIpc) is 2.70. The predicted octanol–water partition coefficient (Wildman–Crippen LogP) is 1.23. The number of nitrogens with two attached hydrogens (primary N) is 1. The summed E-state index contributed by atoms with van der Waals surface area (Å²) in [6.07, 6.45) is 0.502. The first-order valence-electron chi connectivity index (χ1n) is 9.26. The molecule has 0 radical (unpaired) electrons. The first-order valence-corrected chi connectivity index (χ1v) is 10.8. The molecule has 0 aliphatic rings. The number of rotatable bonds is 7. The molecule has 156 valence electrons. The van der Waals surface area contributed by atoms with Crippen LogP contribution < -0.4 is 16.0 Å². The van der Waals surface area contributed by atoms with Gasteiger partial charge in [0.05, 0.1) is 10.6 Å². The molecule has 1 amide bonds. The van der Waals surface area contributed by atoms with Gasteiger partial charge >= 0.3 is 0 Å². The Balaban J connectivity index is 1.59. The van der Waals surface area contributed by atoms with E-state index in [1.165, 1.54) is 18.2 Å². The van der Waals surface area contributed by atoms with Crippen molar-refractivity contribution in [1.82, 2.24) is 15.1 Å². The monoisotopic (exact) mass is 426 g/mol. The quantitative estimate of drug-likeness (QED) is 0.588. The van der Waals surface area contributed by atoms with Crippen LogP contribution in [0.5, 0.6) is 0 Å². The van der Waals surface area contributed by atoms with E-state index in [2.05, 4.69) is 10.4 Å². The van der Waals surface area contributed by atoms with Crippen LogP contribution in [0.1, 0.15) is 11.1 Å². The third-order valence-corrected chi connectivity index (χ3v) is 5.42. The number of primary sulfonamides is 1. The van der Waals surface area contributed by atoms with Crippen molar-refractivity contribution in [3.63, 3.8) is 0 Å². The molecule has 0 saturated heterocycles. The van der Waals surface area contributed by atoms with Crippen molar-refractivity contribution in [2.75, 3.05) is 6.54 Å². The van der Waals surface area contributed by atoms with Crippen LogP contribution in [0.15, 0.2) is 70.4 Å². The molecule has 2 aromatic carbocycles. The summed E-state index contributed by atoms with van der Waals surface area (Å²) >= 11 is 0. The maximum atomic E-state index is 12.2. The molecular formula is C21H22N4O4S. The highest BCUT2D eigenvalue weighted by atomic mass is 32.2. The predicted molar refractivity (Wildman–Crippen MR) is 113 cm³/mol. The minimum atomic E-state index is -3.73. The maximum absolute atomic E-state index is 12.2. The summed E-state index contributed by atoms with van der Waals surface area (Å²) in [5, 5.41) is 12.1. The first kappa shape index (κ1) is 21.4. The minimum Gasteiger partial charge on any atom is -0.354 e. The molecule has 1 heterocycles. The van der Waals surface area contributed by atoms with Crippen molar-refractivity contribution in [3.8, 4) is 11.3 Å². The highest BCUT2D eigenvalue weighted by molar-refractivity contribution is 7.89. The van der Waals surface area contributed by atoms with Gasteiger partial charge in [-0.15, -0.1) is 0 Å². The largest absolute Gasteiger partial charge is 0.354 e. The Morgan fingerprint density at radius 1 is 1.03 bits per heavy atom. The zero-order chi connectivity index (χ0) is 21.7. The van der Waals surface area contributed by atoms with Gasteiger partial charge in [0.25, 0.3) is 5.56 Å². The number of amides is 1. The van der Waals surface area contributed by atoms with Crippen LogP contribution in [0.25, 0.3) is 11.3 Å². The second-order valence-corrected chi connectivity index (χ2v) is 8.43. The second kappa shape index (κ2) is 9.02. The van der Waals surface area contributed by atoms with Crippen molar-refractivity contribution >= 4 is 15.9 Å². The zero-order valence-electron chi connectivity index (χ0n) is 16.4. The number of hydrogen-bond acceptors (Lipinski definition) is 5. The normalized spacial score (nSPS) is 11.3. The van der Waals surface area contributed by atoms with Gasteiger partial charge in [-0.25, -0.2) is 18.2 Å². The highest BCUT2D eigenvalue weighted by Crippen LogP contribution is 2.15. The van der Waals surface area contributed by atoms with Gasteiger partial charge in [0.2, 0.25) is 15.9 Å². The lowest BCUT2D eigenvalue weighted by atomic mass is 10.1. The Labute approximate surface area is 174 Å². The zero-order valence-corrected chi connectivity index (χ0v) is 17.2. The topological polar surface area (TPSA) is 124 Å². The number of aromatic nitrogens is 2. The summed E-state index contributed by atoms with van der Waals surface area (Å²) in [5.74, 6) is -0.341. The van der Waals surface area contributed by atoms with Crippen molar-refractivity contribution < 1.29 is 13.2 Å². The summed E-state index contributed by atoms with van der Waals surface area (Å²) in [5.41, 5.74) is 3.07. The van der Waals surface area contributed by atoms with Gasteiger partial charge in [-0.2, -0.15) is 5.10 Å². The fourth-order valence-electron chi connectivity index (χ4n) is 2.82. The molecular weight excluding hydrogens is 404 g/mol. The molecule has 0 aliphatic carbocycles. The van der Waals surface area contributed by atoms with E-state index in [1.54, 1.807) is 18.2 Å². The lowest BCUT2D eigenvalue weighted by molar-refractivity contribution is -0.121. The smallest absolute Gasteiger partial charge is 0.267 e. The summed E-state index contributed by atoms with van der Waals surface area (Å²) in [6, 6.07) is 16.9. The van der Waals surface area contributed by atoms with E-state index >= 15 is 0 Å². The molecule has 9 heteroatoms. The van der Waals surface area contributed by atoms with Gasteiger partial charge in [0, 0.05) is 18.2 Å². The van der Waals surface area contributed by atoms with Gasteiger partial charge < -0.3 is 5.32 Å². The van der Waals surface area contributed by atoms with Gasteiger partial charge in [-0.3, -0.25) is 9.59 Å². The van der Waals surface area contributed by atoms with E-state index in [9.17, 15) is 18.0 Å². The van der Waals surface area contributed by atoms with Crippen molar-refractivity contribution in [1.29, 1.82) is 0 Å². The van der Waals surface area contributed by atoms with Crippen LogP contribution in [-0.4, -0.2) is 30.7 Å². The van der Waals surface area contributed by atoms with Gasteiger partial charge in [-0.05, 0) is 37.1 Å². The fraction of sp³-hybridized carbons (Fsp3) is 0.190. The van der Waals surface area contributed by atoms with E-state index < -0.39 is 10.0 Å². The Hall–Kier alpha value is -3.30. The molecule has 0 atom stereocenters. The number of sulfonamides is 1. The molecule has 0 spiro atoms. The lowest BCUT2D eigenvalue weighted by Crippen LogP contribution is -2.34. The average molecular weight is 426 g/mol. The molecule has 0 saturated carbocycles. The number of aryl methyl sites for hydroxylation is 1. The summed E-state index contributed by atoms with van der Waals surface area (Å²) in [4.78, 5) is 24.3. The standard InChI is InChI=1S/C21H22N4O4S/c1-15-2-6-17(7-3-15)19-10-11-21(27)25(24-19)14-20(26)23-13-12-16-4-8-18(9-5-16)30(22,28)29/h2-11H,12-14H2,1H3,(H,23,26)(H2,22,28,29). The van der Waals surface area contributed by atoms with Crippen LogP contribution in [0.2, 0.25) is 0 Å². The van der Waals surface area contributed by atoms with E-state index in [4.69, 9.17) is 5.14 Å². The second-order valence-electron chi connectivity index (χ2n) is 6.87. The number of carbonyl (C=O) groups is 1. The van der Waals surface area contributed by atoms with Crippen molar-refractivity contribution in [2.24, 2.45) is 5.14 Å². The van der Waals surface area contributed by atoms with Gasteiger partial charge in [0.1, 0.15) is 6.54 Å². The molecule has 3 rings (SSSR count). The van der Waals surface area contributed by atoms with Crippen LogP contribution in [-0.2, 0) is 27.8 Å². The molecule has 8 nitrogen and oxygen atoms in total. The fourth-order valence-corrected chi connectivity index (χ4v) is 3.34. The molecule has 0 aliphatic heterocycles. The molecule has 30 heavy (non-hydrogen) atoms. The molecule has 3 aromatic rings. The Bertz CT molecular complexity index is 1200. The minimum absolute atomic E-state index is 0.0363. The highest BCUT2D eigenvalue weighted by Gasteiger charge is 2.09. The van der Waals surface area contributed by atoms with E-state index in [-0.39, 0.29) is 22.9 Å². The first-order chi connectivity index (χ1) is 14.2. The summed E-state index contributed by atoms with van der Waals surface area (Å²) in [6.45, 7) is 2.12. The van der Waals surface area contributed by atoms with Gasteiger partial charge in [0.15, 0.2) is 0 Å². The molecule has 0 fully saturated rings. The molecule has 1 aromatic heterocycles. The number of hydrogen-bond donors (Lipinski definition) is 2. The number of nitrogens with zero attached hydrogens (tertiary/aromatic N) is 2. The third-order valence-electron chi connectivity index (χ3n) is 4.50. The van der Waals surface area contributed by atoms with Crippen molar-refractivity contribution in [2.45, 2.75) is 24.8 Å². The number of carbonyl (C=O) groups excluding carboxylic acids is 1. The number of nitrogens with one attached hydrogen (secondary N) is 1. The van der Waals surface area contributed by atoms with Crippen LogP contribution in [0.3, 0.4) is 0 Å². The Morgan fingerprint density at radius 2 is 1.70 bits per heavy atom. The summed E-state index contributed by atoms with van der Waals surface area (Å²) < 4.78 is 23.7. The lowest BCUT2D eigenvalue weighted by Gasteiger charge is -2.09. The molecule has 3 N–H and O–H groups in total. The Morgan fingerprint density at radius 3 is 2.33 bits per heavy atom.